The smallest absolute Gasteiger partial charge is 0.144 e. The Morgan fingerprint density at radius 3 is 2.50 bits per heavy atom. The van der Waals surface area contributed by atoms with Crippen LogP contribution in [0.25, 0.3) is 0 Å². The number of ether oxygens (including phenoxy) is 1. The first-order valence-electron chi connectivity index (χ1n) is 7.81. The highest BCUT2D eigenvalue weighted by atomic mass is 16.5. The molecule has 3 rings (SSSR count). The number of rotatable bonds is 2. The van der Waals surface area contributed by atoms with E-state index >= 15 is 0 Å². The number of anilines is 2. The number of nitrogens with two attached hydrogens (primary N) is 1. The van der Waals surface area contributed by atoms with E-state index in [1.807, 2.05) is 18.2 Å². The van der Waals surface area contributed by atoms with Gasteiger partial charge in [0.05, 0.1) is 12.2 Å². The minimum Gasteiger partial charge on any atom is -0.489 e. The molecule has 0 spiro atoms. The van der Waals surface area contributed by atoms with Crippen molar-refractivity contribution >= 4 is 11.4 Å². The van der Waals surface area contributed by atoms with E-state index in [4.69, 9.17) is 10.5 Å². The van der Waals surface area contributed by atoms with E-state index in [-0.39, 0.29) is 5.41 Å². The lowest BCUT2D eigenvalue weighted by Crippen LogP contribution is -2.32. The Balaban J connectivity index is 1.83. The molecule has 0 bridgehead atoms. The van der Waals surface area contributed by atoms with Crippen LogP contribution >= 0.6 is 0 Å². The number of hydrogen-bond acceptors (Lipinski definition) is 3. The molecule has 0 atom stereocenters. The molecule has 0 aliphatic carbocycles. The van der Waals surface area contributed by atoms with Crippen LogP contribution in [-0.2, 0) is 12.0 Å². The van der Waals surface area contributed by atoms with Crippen LogP contribution in [0.1, 0.15) is 31.9 Å². The van der Waals surface area contributed by atoms with E-state index in [9.17, 15) is 0 Å². The zero-order valence-corrected chi connectivity index (χ0v) is 13.6. The maximum Gasteiger partial charge on any atom is 0.144 e. The Labute approximate surface area is 132 Å². The Morgan fingerprint density at radius 2 is 1.82 bits per heavy atom. The molecule has 0 fully saturated rings. The van der Waals surface area contributed by atoms with Gasteiger partial charge < -0.3 is 15.4 Å². The van der Waals surface area contributed by atoms with Crippen LogP contribution in [0.3, 0.4) is 0 Å². The van der Waals surface area contributed by atoms with Crippen LogP contribution in [-0.4, -0.2) is 13.2 Å². The SMILES string of the molecule is CC(C)(C)c1ccc(CN2CCOc3cccc(N)c32)cc1. The predicted octanol–water partition coefficient (Wildman–Crippen LogP) is 3.97. The summed E-state index contributed by atoms with van der Waals surface area (Å²) in [5.41, 5.74) is 10.8. The minimum atomic E-state index is 0.189. The summed E-state index contributed by atoms with van der Waals surface area (Å²) in [6.07, 6.45) is 0. The lowest BCUT2D eigenvalue weighted by Gasteiger charge is -2.32. The van der Waals surface area contributed by atoms with Gasteiger partial charge in [0.25, 0.3) is 0 Å². The molecular weight excluding hydrogens is 272 g/mol. The Bertz CT molecular complexity index is 656. The van der Waals surface area contributed by atoms with Crippen molar-refractivity contribution in [1.29, 1.82) is 0 Å². The zero-order chi connectivity index (χ0) is 15.7. The average Bonchev–Trinajstić information content (AvgIpc) is 2.47. The molecule has 0 radical (unpaired) electrons. The topological polar surface area (TPSA) is 38.5 Å². The summed E-state index contributed by atoms with van der Waals surface area (Å²) in [5, 5.41) is 0. The van der Waals surface area contributed by atoms with Gasteiger partial charge in [0.1, 0.15) is 18.0 Å². The van der Waals surface area contributed by atoms with Crippen LogP contribution < -0.4 is 15.4 Å². The number of nitrogen functional groups attached to an aromatic ring is 1. The molecule has 22 heavy (non-hydrogen) atoms. The first kappa shape index (κ1) is 14.8. The second-order valence-corrected chi connectivity index (χ2v) is 6.91. The highest BCUT2D eigenvalue weighted by Crippen LogP contribution is 2.37. The monoisotopic (exact) mass is 296 g/mol. The quantitative estimate of drug-likeness (QED) is 0.852. The van der Waals surface area contributed by atoms with Gasteiger partial charge in [-0.25, -0.2) is 0 Å². The van der Waals surface area contributed by atoms with Gasteiger partial charge in [-0.3, -0.25) is 0 Å². The van der Waals surface area contributed by atoms with Gasteiger partial charge >= 0.3 is 0 Å². The molecule has 1 aliphatic heterocycles. The molecule has 2 aromatic rings. The third-order valence-electron chi connectivity index (χ3n) is 4.16. The van der Waals surface area contributed by atoms with Crippen molar-refractivity contribution in [2.45, 2.75) is 32.7 Å². The zero-order valence-electron chi connectivity index (χ0n) is 13.6. The Kier molecular flexibility index (Phi) is 3.73. The third kappa shape index (κ3) is 2.89. The van der Waals surface area contributed by atoms with Gasteiger partial charge in [-0.2, -0.15) is 0 Å². The lowest BCUT2D eigenvalue weighted by atomic mass is 9.87. The second-order valence-electron chi connectivity index (χ2n) is 6.91. The van der Waals surface area contributed by atoms with Crippen molar-refractivity contribution in [3.8, 4) is 5.75 Å². The molecule has 0 saturated carbocycles. The number of nitrogens with zero attached hydrogens (tertiary/aromatic N) is 1. The molecule has 1 heterocycles. The molecule has 0 amide bonds. The largest absolute Gasteiger partial charge is 0.489 e. The van der Waals surface area contributed by atoms with Crippen molar-refractivity contribution in [3.63, 3.8) is 0 Å². The number of fused-ring (bicyclic) bond motifs is 1. The summed E-state index contributed by atoms with van der Waals surface area (Å²) in [6.45, 7) is 9.14. The Morgan fingerprint density at radius 1 is 1.09 bits per heavy atom. The third-order valence-corrected chi connectivity index (χ3v) is 4.16. The van der Waals surface area contributed by atoms with Crippen LogP contribution in [0.4, 0.5) is 11.4 Å². The summed E-state index contributed by atoms with van der Waals surface area (Å²) in [5.74, 6) is 0.887. The van der Waals surface area contributed by atoms with Crippen molar-refractivity contribution in [3.05, 3.63) is 53.6 Å². The van der Waals surface area contributed by atoms with E-state index in [0.29, 0.717) is 6.61 Å². The molecule has 0 aromatic heterocycles. The summed E-state index contributed by atoms with van der Waals surface area (Å²) in [7, 11) is 0. The molecule has 116 valence electrons. The van der Waals surface area contributed by atoms with Gasteiger partial charge in [-0.05, 0) is 28.7 Å². The second kappa shape index (κ2) is 5.56. The molecule has 1 aliphatic rings. The van der Waals surface area contributed by atoms with Crippen molar-refractivity contribution < 1.29 is 4.74 Å². The molecule has 2 N–H and O–H groups in total. The number of benzene rings is 2. The van der Waals surface area contributed by atoms with E-state index < -0.39 is 0 Å². The van der Waals surface area contributed by atoms with Crippen molar-refractivity contribution in [1.82, 2.24) is 0 Å². The van der Waals surface area contributed by atoms with Crippen LogP contribution in [0.2, 0.25) is 0 Å². The van der Waals surface area contributed by atoms with Crippen molar-refractivity contribution in [2.75, 3.05) is 23.8 Å². The van der Waals surface area contributed by atoms with E-state index in [1.54, 1.807) is 0 Å². The number of para-hydroxylation sites is 1. The highest BCUT2D eigenvalue weighted by molar-refractivity contribution is 5.75. The van der Waals surface area contributed by atoms with Gasteiger partial charge in [-0.1, -0.05) is 51.1 Å². The fourth-order valence-corrected chi connectivity index (χ4v) is 2.86. The summed E-state index contributed by atoms with van der Waals surface area (Å²) in [4.78, 5) is 2.31. The minimum absolute atomic E-state index is 0.189. The van der Waals surface area contributed by atoms with Crippen LogP contribution in [0, 0.1) is 0 Å². The van der Waals surface area contributed by atoms with Crippen LogP contribution in [0.15, 0.2) is 42.5 Å². The van der Waals surface area contributed by atoms with Gasteiger partial charge in [0, 0.05) is 6.54 Å². The summed E-state index contributed by atoms with van der Waals surface area (Å²) < 4.78 is 5.71. The average molecular weight is 296 g/mol. The fraction of sp³-hybridized carbons (Fsp3) is 0.368. The van der Waals surface area contributed by atoms with Gasteiger partial charge in [0.2, 0.25) is 0 Å². The predicted molar refractivity (Wildman–Crippen MR) is 92.5 cm³/mol. The standard InChI is InChI=1S/C19H24N2O/c1-19(2,3)15-9-7-14(8-10-15)13-21-11-12-22-17-6-4-5-16(20)18(17)21/h4-10H,11-13,20H2,1-3H3. The maximum absolute atomic E-state index is 6.14. The highest BCUT2D eigenvalue weighted by Gasteiger charge is 2.21. The number of hydrogen-bond donors (Lipinski definition) is 1. The van der Waals surface area contributed by atoms with Crippen LogP contribution in [0.5, 0.6) is 5.75 Å². The molecule has 2 aromatic carbocycles. The summed E-state index contributed by atoms with van der Waals surface area (Å²) >= 11 is 0. The Hall–Kier alpha value is -2.16. The van der Waals surface area contributed by atoms with Gasteiger partial charge in [-0.15, -0.1) is 0 Å². The molecule has 0 unspecified atom stereocenters. The maximum atomic E-state index is 6.14. The lowest BCUT2D eigenvalue weighted by molar-refractivity contribution is 0.307. The van der Waals surface area contributed by atoms with E-state index in [2.05, 4.69) is 49.9 Å². The molecular formula is C19H24N2O. The molecule has 3 heteroatoms. The first-order chi connectivity index (χ1) is 10.4. The fourth-order valence-electron chi connectivity index (χ4n) is 2.86. The van der Waals surface area contributed by atoms with E-state index in [1.165, 1.54) is 11.1 Å². The molecule has 3 nitrogen and oxygen atoms in total. The first-order valence-corrected chi connectivity index (χ1v) is 7.81. The summed E-state index contributed by atoms with van der Waals surface area (Å²) in [6, 6.07) is 14.7. The van der Waals surface area contributed by atoms with Gasteiger partial charge in [0.15, 0.2) is 0 Å². The normalized spacial score (nSPS) is 14.4. The van der Waals surface area contributed by atoms with Crippen molar-refractivity contribution in [2.24, 2.45) is 0 Å². The molecule has 0 saturated heterocycles. The van der Waals surface area contributed by atoms with E-state index in [0.717, 1.165) is 30.2 Å².